The van der Waals surface area contributed by atoms with Crippen molar-refractivity contribution in [2.45, 2.75) is 48.2 Å². The number of aliphatic hydroxyl groups excluding tert-OH is 1. The lowest BCUT2D eigenvalue weighted by Crippen LogP contribution is -2.43. The first kappa shape index (κ1) is 15.0. The standard InChI is InChI=1S/C14H14F4O2S/c1-21-10-3-2-9(20-7-4-13(15,16)5-7)8-6-14(17,18)12(19)11(8)10/h2-3,7,12,19H,4-6H2,1H3. The minimum atomic E-state index is -3.25. The Morgan fingerprint density at radius 3 is 2.48 bits per heavy atom. The molecule has 0 heterocycles. The predicted molar refractivity (Wildman–Crippen MR) is 70.4 cm³/mol. The molecule has 0 aromatic heterocycles. The second-order valence-corrected chi connectivity index (χ2v) is 6.35. The Labute approximate surface area is 123 Å². The second-order valence-electron chi connectivity index (χ2n) is 5.50. The van der Waals surface area contributed by atoms with E-state index in [2.05, 4.69) is 0 Å². The molecule has 1 N–H and O–H groups in total. The van der Waals surface area contributed by atoms with Crippen LogP contribution in [0.25, 0.3) is 0 Å². The van der Waals surface area contributed by atoms with Gasteiger partial charge in [-0.25, -0.2) is 17.6 Å². The van der Waals surface area contributed by atoms with Crippen molar-refractivity contribution in [3.05, 3.63) is 23.3 Å². The van der Waals surface area contributed by atoms with Crippen molar-refractivity contribution < 1.29 is 27.4 Å². The summed E-state index contributed by atoms with van der Waals surface area (Å²) in [5.74, 6) is -5.80. The number of aliphatic hydroxyl groups is 1. The second kappa shape index (κ2) is 4.78. The van der Waals surface area contributed by atoms with Crippen LogP contribution in [0.2, 0.25) is 0 Å². The van der Waals surface area contributed by atoms with E-state index in [1.54, 1.807) is 12.3 Å². The molecule has 116 valence electrons. The van der Waals surface area contributed by atoms with Gasteiger partial charge < -0.3 is 9.84 Å². The highest BCUT2D eigenvalue weighted by Crippen LogP contribution is 2.50. The van der Waals surface area contributed by atoms with Crippen LogP contribution in [0.5, 0.6) is 5.75 Å². The van der Waals surface area contributed by atoms with Crippen molar-refractivity contribution in [3.63, 3.8) is 0 Å². The Kier molecular flexibility index (Phi) is 3.40. The summed E-state index contributed by atoms with van der Waals surface area (Å²) in [7, 11) is 0. The first-order chi connectivity index (χ1) is 9.73. The number of thioether (sulfide) groups is 1. The molecule has 1 fully saturated rings. The summed E-state index contributed by atoms with van der Waals surface area (Å²) in [5.41, 5.74) is 0.394. The number of hydrogen-bond donors (Lipinski definition) is 1. The molecule has 1 atom stereocenters. The molecular formula is C14H14F4O2S. The Morgan fingerprint density at radius 2 is 1.90 bits per heavy atom. The van der Waals surface area contributed by atoms with E-state index in [9.17, 15) is 22.7 Å². The largest absolute Gasteiger partial charge is 0.490 e. The maximum Gasteiger partial charge on any atom is 0.281 e. The number of alkyl halides is 4. The van der Waals surface area contributed by atoms with Crippen LogP contribution in [-0.4, -0.2) is 29.3 Å². The predicted octanol–water partition coefficient (Wildman–Crippen LogP) is 3.81. The highest BCUT2D eigenvalue weighted by Gasteiger charge is 2.51. The van der Waals surface area contributed by atoms with E-state index in [0.717, 1.165) is 0 Å². The summed E-state index contributed by atoms with van der Waals surface area (Å²) >= 11 is 1.26. The highest BCUT2D eigenvalue weighted by atomic mass is 32.2. The Morgan fingerprint density at radius 1 is 1.24 bits per heavy atom. The summed E-state index contributed by atoms with van der Waals surface area (Å²) in [4.78, 5) is 0.556. The van der Waals surface area contributed by atoms with Crippen LogP contribution in [-0.2, 0) is 6.42 Å². The van der Waals surface area contributed by atoms with Crippen molar-refractivity contribution in [1.82, 2.24) is 0 Å². The molecule has 1 unspecified atom stereocenters. The van der Waals surface area contributed by atoms with Crippen LogP contribution in [0.15, 0.2) is 17.0 Å². The van der Waals surface area contributed by atoms with Gasteiger partial charge in [-0.05, 0) is 18.4 Å². The molecule has 7 heteroatoms. The SMILES string of the molecule is CSc1ccc(OC2CC(F)(F)C2)c2c1C(O)C(F)(F)C2. The smallest absolute Gasteiger partial charge is 0.281 e. The third-order valence-corrected chi connectivity index (χ3v) is 4.72. The molecule has 3 rings (SSSR count). The lowest BCUT2D eigenvalue weighted by Gasteiger charge is -2.35. The molecule has 0 amide bonds. The molecule has 2 aliphatic carbocycles. The third-order valence-electron chi connectivity index (χ3n) is 3.93. The van der Waals surface area contributed by atoms with E-state index in [1.165, 1.54) is 17.8 Å². The molecule has 2 nitrogen and oxygen atoms in total. The van der Waals surface area contributed by atoms with Gasteiger partial charge in [0.1, 0.15) is 18.0 Å². The van der Waals surface area contributed by atoms with Gasteiger partial charge in [0.25, 0.3) is 11.8 Å². The molecular weight excluding hydrogens is 308 g/mol. The molecule has 21 heavy (non-hydrogen) atoms. The first-order valence-corrected chi connectivity index (χ1v) is 7.76. The fraction of sp³-hybridized carbons (Fsp3) is 0.571. The summed E-state index contributed by atoms with van der Waals surface area (Å²) in [6.45, 7) is 0. The zero-order valence-corrected chi connectivity index (χ0v) is 12.0. The number of fused-ring (bicyclic) bond motifs is 1. The minimum absolute atomic E-state index is 0.163. The maximum absolute atomic E-state index is 13.7. The normalized spacial score (nSPS) is 26.3. The molecule has 0 aliphatic heterocycles. The van der Waals surface area contributed by atoms with E-state index in [1.807, 2.05) is 0 Å². The number of halogens is 4. The van der Waals surface area contributed by atoms with Gasteiger partial charge in [0, 0.05) is 35.3 Å². The quantitative estimate of drug-likeness (QED) is 0.678. The van der Waals surface area contributed by atoms with Crippen LogP contribution >= 0.6 is 11.8 Å². The molecule has 2 aliphatic rings. The topological polar surface area (TPSA) is 29.5 Å². The van der Waals surface area contributed by atoms with Gasteiger partial charge in [-0.1, -0.05) is 0 Å². The maximum atomic E-state index is 13.7. The molecule has 0 spiro atoms. The fourth-order valence-corrected chi connectivity index (χ4v) is 3.47. The lowest BCUT2D eigenvalue weighted by molar-refractivity contribution is -0.134. The molecule has 0 bridgehead atoms. The molecule has 0 saturated heterocycles. The van der Waals surface area contributed by atoms with Crippen molar-refractivity contribution >= 4 is 11.8 Å². The fourth-order valence-electron chi connectivity index (χ4n) is 2.81. The zero-order valence-electron chi connectivity index (χ0n) is 11.2. The summed E-state index contributed by atoms with van der Waals surface area (Å²) in [6.07, 6.45) is -2.23. The number of rotatable bonds is 3. The van der Waals surface area contributed by atoms with Crippen molar-refractivity contribution in [2.75, 3.05) is 6.26 Å². The van der Waals surface area contributed by atoms with Crippen LogP contribution < -0.4 is 4.74 Å². The summed E-state index contributed by atoms with van der Waals surface area (Å²) in [5, 5.41) is 9.80. The molecule has 1 saturated carbocycles. The van der Waals surface area contributed by atoms with E-state index in [0.29, 0.717) is 4.90 Å². The average Bonchev–Trinajstić information content (AvgIpc) is 2.60. The Balaban J connectivity index is 1.91. The van der Waals surface area contributed by atoms with Crippen molar-refractivity contribution in [2.24, 2.45) is 0 Å². The van der Waals surface area contributed by atoms with Crippen LogP contribution in [0.1, 0.15) is 30.1 Å². The highest BCUT2D eigenvalue weighted by molar-refractivity contribution is 7.98. The zero-order chi connectivity index (χ0) is 15.4. The summed E-state index contributed by atoms with van der Waals surface area (Å²) in [6, 6.07) is 3.11. The van der Waals surface area contributed by atoms with Gasteiger partial charge in [0.05, 0.1) is 0 Å². The van der Waals surface area contributed by atoms with E-state index < -0.39 is 43.3 Å². The van der Waals surface area contributed by atoms with Crippen molar-refractivity contribution in [1.29, 1.82) is 0 Å². The van der Waals surface area contributed by atoms with E-state index >= 15 is 0 Å². The van der Waals surface area contributed by atoms with Gasteiger partial charge in [-0.2, -0.15) is 0 Å². The summed E-state index contributed by atoms with van der Waals surface area (Å²) < 4.78 is 58.6. The third kappa shape index (κ3) is 2.50. The monoisotopic (exact) mass is 322 g/mol. The van der Waals surface area contributed by atoms with Gasteiger partial charge in [0.15, 0.2) is 0 Å². The molecule has 1 aromatic carbocycles. The van der Waals surface area contributed by atoms with Crippen LogP contribution in [0, 0.1) is 0 Å². The van der Waals surface area contributed by atoms with E-state index in [-0.39, 0.29) is 16.9 Å². The number of hydrogen-bond acceptors (Lipinski definition) is 3. The van der Waals surface area contributed by atoms with Crippen LogP contribution in [0.4, 0.5) is 17.6 Å². The van der Waals surface area contributed by atoms with Gasteiger partial charge in [-0.3, -0.25) is 0 Å². The van der Waals surface area contributed by atoms with E-state index in [4.69, 9.17) is 4.74 Å². The van der Waals surface area contributed by atoms with Crippen molar-refractivity contribution in [3.8, 4) is 5.75 Å². The number of ether oxygens (including phenoxy) is 1. The van der Waals surface area contributed by atoms with Gasteiger partial charge in [-0.15, -0.1) is 11.8 Å². The lowest BCUT2D eigenvalue weighted by atomic mass is 9.91. The van der Waals surface area contributed by atoms with Gasteiger partial charge >= 0.3 is 0 Å². The molecule has 0 radical (unpaired) electrons. The Hall–Kier alpha value is -0.950. The number of benzene rings is 1. The van der Waals surface area contributed by atoms with Gasteiger partial charge in [0.2, 0.25) is 0 Å². The first-order valence-electron chi connectivity index (χ1n) is 6.54. The molecule has 1 aromatic rings. The van der Waals surface area contributed by atoms with Crippen LogP contribution in [0.3, 0.4) is 0 Å². The minimum Gasteiger partial charge on any atom is -0.490 e. The average molecular weight is 322 g/mol. The Bertz CT molecular complexity index is 568.